The highest BCUT2D eigenvalue weighted by Crippen LogP contribution is 2.23. The molecular weight excluding hydrogens is 394 g/mol. The lowest BCUT2D eigenvalue weighted by Crippen LogP contribution is -2.35. The zero-order valence-electron chi connectivity index (χ0n) is 15.9. The van der Waals surface area contributed by atoms with Crippen molar-refractivity contribution in [2.24, 2.45) is 0 Å². The van der Waals surface area contributed by atoms with Crippen LogP contribution in [0.4, 0.5) is 5.69 Å². The number of piperidine rings is 1. The Kier molecular flexibility index (Phi) is 7.09. The molecule has 0 spiro atoms. The third-order valence-electron chi connectivity index (χ3n) is 4.69. The monoisotopic (exact) mass is 419 g/mol. The highest BCUT2D eigenvalue weighted by Gasteiger charge is 2.26. The van der Waals surface area contributed by atoms with Gasteiger partial charge in [0.2, 0.25) is 15.9 Å². The van der Waals surface area contributed by atoms with Crippen molar-refractivity contribution < 1.29 is 13.2 Å². The lowest BCUT2D eigenvalue weighted by molar-refractivity contribution is -0.113. The first-order valence-electron chi connectivity index (χ1n) is 9.47. The van der Waals surface area contributed by atoms with Gasteiger partial charge < -0.3 is 5.32 Å². The molecule has 150 valence electrons. The van der Waals surface area contributed by atoms with Crippen LogP contribution in [-0.2, 0) is 21.2 Å². The van der Waals surface area contributed by atoms with Crippen LogP contribution in [0.5, 0.6) is 0 Å². The molecule has 1 amide bonds. The number of pyridine rings is 1. The number of sulfonamides is 1. The molecule has 2 aromatic rings. The predicted octanol–water partition coefficient (Wildman–Crippen LogP) is 3.55. The summed E-state index contributed by atoms with van der Waals surface area (Å²) >= 11 is 1.28. The molecule has 2 heterocycles. The Hall–Kier alpha value is -1.90. The van der Waals surface area contributed by atoms with Gasteiger partial charge in [0.05, 0.1) is 10.8 Å². The van der Waals surface area contributed by atoms with Gasteiger partial charge in [0.15, 0.2) is 0 Å². The molecule has 1 aromatic carbocycles. The first-order chi connectivity index (χ1) is 13.5. The summed E-state index contributed by atoms with van der Waals surface area (Å²) in [5.41, 5.74) is 1.91. The number of carbonyl (C=O) groups is 1. The van der Waals surface area contributed by atoms with E-state index in [9.17, 15) is 13.2 Å². The van der Waals surface area contributed by atoms with Gasteiger partial charge in [-0.2, -0.15) is 4.31 Å². The van der Waals surface area contributed by atoms with Crippen molar-refractivity contribution in [1.82, 2.24) is 9.29 Å². The lowest BCUT2D eigenvalue weighted by atomic mass is 10.1. The highest BCUT2D eigenvalue weighted by molar-refractivity contribution is 7.99. The average molecular weight is 420 g/mol. The van der Waals surface area contributed by atoms with E-state index in [0.717, 1.165) is 36.9 Å². The SMILES string of the molecule is CCc1ccccc1NC(=O)CSc1ccc(S(=O)(=O)N2CCCCC2)cn1. The Morgan fingerprint density at radius 1 is 1.14 bits per heavy atom. The zero-order valence-corrected chi connectivity index (χ0v) is 17.6. The van der Waals surface area contributed by atoms with Gasteiger partial charge in [0.25, 0.3) is 0 Å². The molecule has 8 heteroatoms. The molecule has 1 aliphatic heterocycles. The number of para-hydroxylation sites is 1. The number of thioether (sulfide) groups is 1. The molecule has 1 N–H and O–H groups in total. The van der Waals surface area contributed by atoms with E-state index >= 15 is 0 Å². The van der Waals surface area contributed by atoms with Crippen molar-refractivity contribution >= 4 is 33.4 Å². The lowest BCUT2D eigenvalue weighted by Gasteiger charge is -2.25. The maximum Gasteiger partial charge on any atom is 0.244 e. The molecular formula is C20H25N3O3S2. The van der Waals surface area contributed by atoms with Crippen LogP contribution in [-0.4, -0.2) is 42.5 Å². The van der Waals surface area contributed by atoms with Crippen LogP contribution in [0.2, 0.25) is 0 Å². The number of aryl methyl sites for hydroxylation is 1. The van der Waals surface area contributed by atoms with Gasteiger partial charge in [-0.15, -0.1) is 0 Å². The van der Waals surface area contributed by atoms with E-state index in [-0.39, 0.29) is 16.6 Å². The third kappa shape index (κ3) is 5.12. The van der Waals surface area contributed by atoms with E-state index in [1.807, 2.05) is 31.2 Å². The molecule has 1 aliphatic rings. The van der Waals surface area contributed by atoms with Gasteiger partial charge in [-0.3, -0.25) is 4.79 Å². The van der Waals surface area contributed by atoms with E-state index in [0.29, 0.717) is 18.1 Å². The van der Waals surface area contributed by atoms with Crippen molar-refractivity contribution in [3.05, 3.63) is 48.2 Å². The molecule has 1 fully saturated rings. The normalized spacial score (nSPS) is 15.3. The Morgan fingerprint density at radius 3 is 2.57 bits per heavy atom. The van der Waals surface area contributed by atoms with Crippen molar-refractivity contribution in [1.29, 1.82) is 0 Å². The molecule has 0 radical (unpaired) electrons. The maximum absolute atomic E-state index is 12.6. The first-order valence-corrected chi connectivity index (χ1v) is 11.9. The van der Waals surface area contributed by atoms with Gasteiger partial charge in [-0.05, 0) is 43.0 Å². The van der Waals surface area contributed by atoms with Crippen LogP contribution < -0.4 is 5.32 Å². The van der Waals surface area contributed by atoms with Crippen LogP contribution in [0.15, 0.2) is 52.5 Å². The molecule has 0 saturated carbocycles. The largest absolute Gasteiger partial charge is 0.325 e. The van der Waals surface area contributed by atoms with Crippen LogP contribution in [0.25, 0.3) is 0 Å². The summed E-state index contributed by atoms with van der Waals surface area (Å²) < 4.78 is 26.8. The first kappa shape index (κ1) is 20.8. The topological polar surface area (TPSA) is 79.4 Å². The van der Waals surface area contributed by atoms with Crippen LogP contribution in [0.1, 0.15) is 31.7 Å². The number of carbonyl (C=O) groups excluding carboxylic acids is 1. The van der Waals surface area contributed by atoms with Gasteiger partial charge in [0.1, 0.15) is 4.90 Å². The second-order valence-electron chi connectivity index (χ2n) is 6.64. The average Bonchev–Trinajstić information content (AvgIpc) is 2.73. The quantitative estimate of drug-likeness (QED) is 0.695. The number of anilines is 1. The number of aromatic nitrogens is 1. The third-order valence-corrected chi connectivity index (χ3v) is 7.51. The van der Waals surface area contributed by atoms with E-state index in [1.165, 1.54) is 22.3 Å². The summed E-state index contributed by atoms with van der Waals surface area (Å²) in [5, 5.41) is 3.54. The number of nitrogens with one attached hydrogen (secondary N) is 1. The summed E-state index contributed by atoms with van der Waals surface area (Å²) in [6, 6.07) is 11.0. The Morgan fingerprint density at radius 2 is 1.89 bits per heavy atom. The highest BCUT2D eigenvalue weighted by atomic mass is 32.2. The smallest absolute Gasteiger partial charge is 0.244 e. The standard InChI is InChI=1S/C20H25N3O3S2/c1-2-16-8-4-5-9-18(16)22-19(24)15-27-20-11-10-17(14-21-20)28(25,26)23-12-6-3-7-13-23/h4-5,8-11,14H,2-3,6-7,12-13,15H2,1H3,(H,22,24). The fourth-order valence-corrected chi connectivity index (χ4v) is 5.24. The minimum atomic E-state index is -3.48. The van der Waals surface area contributed by atoms with Crippen LogP contribution in [0, 0.1) is 0 Å². The summed E-state index contributed by atoms with van der Waals surface area (Å²) in [6.07, 6.45) is 5.10. The van der Waals surface area contributed by atoms with Gasteiger partial charge in [-0.25, -0.2) is 13.4 Å². The van der Waals surface area contributed by atoms with E-state index < -0.39 is 10.0 Å². The Bertz CT molecular complexity index is 909. The Balaban J connectivity index is 1.57. The fraction of sp³-hybridized carbons (Fsp3) is 0.400. The van der Waals surface area contributed by atoms with E-state index in [4.69, 9.17) is 0 Å². The van der Waals surface area contributed by atoms with Crippen LogP contribution >= 0.6 is 11.8 Å². The minimum absolute atomic E-state index is 0.113. The van der Waals surface area contributed by atoms with Gasteiger partial charge >= 0.3 is 0 Å². The fourth-order valence-electron chi connectivity index (χ4n) is 3.14. The minimum Gasteiger partial charge on any atom is -0.325 e. The second kappa shape index (κ2) is 9.54. The van der Waals surface area contributed by atoms with Crippen molar-refractivity contribution in [3.63, 3.8) is 0 Å². The molecule has 0 unspecified atom stereocenters. The number of benzene rings is 1. The predicted molar refractivity (Wildman–Crippen MR) is 112 cm³/mol. The number of amides is 1. The van der Waals surface area contributed by atoms with E-state index in [2.05, 4.69) is 10.3 Å². The maximum atomic E-state index is 12.6. The summed E-state index contributed by atoms with van der Waals surface area (Å²) in [6.45, 7) is 3.18. The van der Waals surface area contributed by atoms with Crippen molar-refractivity contribution in [2.45, 2.75) is 42.5 Å². The van der Waals surface area contributed by atoms with Crippen molar-refractivity contribution in [3.8, 4) is 0 Å². The number of rotatable bonds is 7. The zero-order chi connectivity index (χ0) is 20.0. The molecule has 3 rings (SSSR count). The molecule has 0 bridgehead atoms. The molecule has 28 heavy (non-hydrogen) atoms. The molecule has 0 aliphatic carbocycles. The Labute approximate surface area is 170 Å². The molecule has 6 nitrogen and oxygen atoms in total. The van der Waals surface area contributed by atoms with Gasteiger partial charge in [0, 0.05) is 25.0 Å². The van der Waals surface area contributed by atoms with Crippen molar-refractivity contribution in [2.75, 3.05) is 24.2 Å². The number of hydrogen-bond acceptors (Lipinski definition) is 5. The summed E-state index contributed by atoms with van der Waals surface area (Å²) in [5.74, 6) is 0.0984. The number of nitrogens with zero attached hydrogens (tertiary/aromatic N) is 2. The molecule has 1 aromatic heterocycles. The molecule has 0 atom stereocenters. The van der Waals surface area contributed by atoms with Gasteiger partial charge in [-0.1, -0.05) is 43.3 Å². The van der Waals surface area contributed by atoms with E-state index in [1.54, 1.807) is 12.1 Å². The number of hydrogen-bond donors (Lipinski definition) is 1. The summed E-state index contributed by atoms with van der Waals surface area (Å²) in [7, 11) is -3.48. The summed E-state index contributed by atoms with van der Waals surface area (Å²) in [4.78, 5) is 16.7. The van der Waals surface area contributed by atoms with Crippen LogP contribution in [0.3, 0.4) is 0 Å². The molecule has 1 saturated heterocycles. The second-order valence-corrected chi connectivity index (χ2v) is 9.58.